The smallest absolute Gasteiger partial charge is 0.234 e. The zero-order valence-electron chi connectivity index (χ0n) is 11.3. The van der Waals surface area contributed by atoms with Crippen LogP contribution in [0.2, 0.25) is 0 Å². The van der Waals surface area contributed by atoms with Crippen molar-refractivity contribution in [3.63, 3.8) is 0 Å². The van der Waals surface area contributed by atoms with Gasteiger partial charge in [0, 0.05) is 18.3 Å². The number of amides is 1. The monoisotopic (exact) mass is 264 g/mol. The Bertz CT molecular complexity index is 339. The van der Waals surface area contributed by atoms with Crippen LogP contribution in [0.4, 0.5) is 0 Å². The lowest BCUT2D eigenvalue weighted by Gasteiger charge is -2.18. The molecule has 17 heavy (non-hydrogen) atoms. The predicted molar refractivity (Wildman–Crippen MR) is 69.6 cm³/mol. The zero-order chi connectivity index (χ0) is 13.6. The topological polar surface area (TPSA) is 75.3 Å². The summed E-state index contributed by atoms with van der Waals surface area (Å²) in [6, 6.07) is -0.0976. The third kappa shape index (κ3) is 9.12. The highest BCUT2D eigenvalue weighted by atomic mass is 32.2. The van der Waals surface area contributed by atoms with E-state index >= 15 is 0 Å². The number of nitrogens with one attached hydrogen (secondary N) is 2. The third-order valence-corrected chi connectivity index (χ3v) is 3.66. The van der Waals surface area contributed by atoms with E-state index in [1.807, 2.05) is 20.8 Å². The van der Waals surface area contributed by atoms with E-state index in [9.17, 15) is 13.2 Å². The van der Waals surface area contributed by atoms with Gasteiger partial charge in [0.25, 0.3) is 0 Å². The summed E-state index contributed by atoms with van der Waals surface area (Å²) in [6.45, 7) is 7.91. The number of carbonyl (C=O) groups excluding carboxylic acids is 1. The van der Waals surface area contributed by atoms with Crippen molar-refractivity contribution in [2.75, 3.05) is 18.6 Å². The number of hydrogen-bond acceptors (Lipinski definition) is 4. The van der Waals surface area contributed by atoms with Gasteiger partial charge in [-0.05, 0) is 19.8 Å². The van der Waals surface area contributed by atoms with E-state index in [2.05, 4.69) is 10.6 Å². The number of rotatable bonds is 7. The highest BCUT2D eigenvalue weighted by Crippen LogP contribution is 1.98. The minimum absolute atomic E-state index is 0.0417. The summed E-state index contributed by atoms with van der Waals surface area (Å²) >= 11 is 0. The predicted octanol–water partition coefficient (Wildman–Crippen LogP) is 0.170. The Morgan fingerprint density at radius 2 is 1.71 bits per heavy atom. The van der Waals surface area contributed by atoms with Crippen LogP contribution in [0.3, 0.4) is 0 Å². The molecule has 2 N–H and O–H groups in total. The van der Waals surface area contributed by atoms with Crippen LogP contribution in [0.5, 0.6) is 0 Å². The van der Waals surface area contributed by atoms with E-state index in [1.165, 1.54) is 6.26 Å². The Labute approximate surface area is 104 Å². The molecule has 0 radical (unpaired) electrons. The molecule has 0 heterocycles. The summed E-state index contributed by atoms with van der Waals surface area (Å²) < 4.78 is 22.0. The lowest BCUT2D eigenvalue weighted by molar-refractivity contribution is -0.121. The van der Waals surface area contributed by atoms with Crippen LogP contribution in [0, 0.1) is 5.92 Å². The number of carbonyl (C=O) groups is 1. The van der Waals surface area contributed by atoms with Crippen molar-refractivity contribution >= 4 is 15.7 Å². The minimum Gasteiger partial charge on any atom is -0.352 e. The lowest BCUT2D eigenvalue weighted by atomic mass is 10.1. The SMILES string of the molecule is CC(CS(C)(=O)=O)NCC(=O)NC(C)C(C)C. The van der Waals surface area contributed by atoms with Gasteiger partial charge in [-0.1, -0.05) is 13.8 Å². The Morgan fingerprint density at radius 1 is 1.18 bits per heavy atom. The van der Waals surface area contributed by atoms with Crippen LogP contribution in [-0.2, 0) is 14.6 Å². The van der Waals surface area contributed by atoms with Crippen LogP contribution in [0.1, 0.15) is 27.7 Å². The molecule has 102 valence electrons. The average Bonchev–Trinajstić information content (AvgIpc) is 2.11. The molecule has 0 saturated heterocycles. The number of hydrogen-bond donors (Lipinski definition) is 2. The summed E-state index contributed by atoms with van der Waals surface area (Å²) in [5, 5.41) is 5.74. The Morgan fingerprint density at radius 3 is 2.12 bits per heavy atom. The maximum atomic E-state index is 11.5. The number of sulfone groups is 1. The van der Waals surface area contributed by atoms with Crippen molar-refractivity contribution in [2.24, 2.45) is 5.92 Å². The molecule has 0 rings (SSSR count). The van der Waals surface area contributed by atoms with E-state index < -0.39 is 9.84 Å². The van der Waals surface area contributed by atoms with Gasteiger partial charge in [0.05, 0.1) is 12.3 Å². The molecule has 5 nitrogen and oxygen atoms in total. The first-order valence-electron chi connectivity index (χ1n) is 5.82. The van der Waals surface area contributed by atoms with E-state index in [4.69, 9.17) is 0 Å². The third-order valence-electron chi connectivity index (χ3n) is 2.55. The first kappa shape index (κ1) is 16.4. The fourth-order valence-corrected chi connectivity index (χ4v) is 2.28. The van der Waals surface area contributed by atoms with Gasteiger partial charge in [-0.3, -0.25) is 4.79 Å². The van der Waals surface area contributed by atoms with E-state index in [0.717, 1.165) is 0 Å². The highest BCUT2D eigenvalue weighted by Gasteiger charge is 2.13. The molecule has 0 fully saturated rings. The molecule has 0 aliphatic heterocycles. The van der Waals surface area contributed by atoms with Gasteiger partial charge in [0.15, 0.2) is 0 Å². The van der Waals surface area contributed by atoms with Crippen molar-refractivity contribution < 1.29 is 13.2 Å². The standard InChI is InChI=1S/C11H24N2O3S/c1-8(2)10(4)13-11(14)6-12-9(3)7-17(5,15)16/h8-10,12H,6-7H2,1-5H3,(H,13,14). The Balaban J connectivity index is 3.92. The molecule has 0 aromatic heterocycles. The first-order valence-corrected chi connectivity index (χ1v) is 7.88. The fourth-order valence-electron chi connectivity index (χ4n) is 1.25. The molecule has 0 aromatic rings. The highest BCUT2D eigenvalue weighted by molar-refractivity contribution is 7.90. The van der Waals surface area contributed by atoms with Gasteiger partial charge < -0.3 is 10.6 Å². The second-order valence-corrected chi connectivity index (χ2v) is 7.16. The second-order valence-electron chi connectivity index (χ2n) is 4.97. The average molecular weight is 264 g/mol. The molecule has 0 bridgehead atoms. The molecular weight excluding hydrogens is 240 g/mol. The largest absolute Gasteiger partial charge is 0.352 e. The summed E-state index contributed by atoms with van der Waals surface area (Å²) in [5.41, 5.74) is 0. The van der Waals surface area contributed by atoms with Crippen LogP contribution >= 0.6 is 0 Å². The van der Waals surface area contributed by atoms with Crippen LogP contribution < -0.4 is 10.6 Å². The molecule has 6 heteroatoms. The summed E-state index contributed by atoms with van der Waals surface area (Å²) in [5.74, 6) is 0.318. The van der Waals surface area contributed by atoms with Crippen molar-refractivity contribution in [3.8, 4) is 0 Å². The molecule has 0 aliphatic rings. The first-order chi connectivity index (χ1) is 7.61. The summed E-state index contributed by atoms with van der Waals surface area (Å²) in [4.78, 5) is 11.5. The van der Waals surface area contributed by atoms with E-state index in [1.54, 1.807) is 6.92 Å². The molecule has 1 amide bonds. The molecule has 0 aromatic carbocycles. The fraction of sp³-hybridized carbons (Fsp3) is 0.909. The van der Waals surface area contributed by atoms with E-state index in [-0.39, 0.29) is 30.3 Å². The van der Waals surface area contributed by atoms with Gasteiger partial charge in [0.2, 0.25) is 5.91 Å². The Kier molecular flexibility index (Phi) is 6.70. The minimum atomic E-state index is -3.00. The van der Waals surface area contributed by atoms with Gasteiger partial charge in [-0.2, -0.15) is 0 Å². The summed E-state index contributed by atoms with van der Waals surface area (Å²) in [6.07, 6.45) is 1.19. The molecular formula is C11H24N2O3S. The van der Waals surface area contributed by atoms with Crippen molar-refractivity contribution in [1.29, 1.82) is 0 Å². The van der Waals surface area contributed by atoms with Gasteiger partial charge in [-0.25, -0.2) is 8.42 Å². The van der Waals surface area contributed by atoms with E-state index in [0.29, 0.717) is 5.92 Å². The van der Waals surface area contributed by atoms with Crippen LogP contribution in [0.15, 0.2) is 0 Å². The zero-order valence-corrected chi connectivity index (χ0v) is 12.1. The summed E-state index contributed by atoms with van der Waals surface area (Å²) in [7, 11) is -3.00. The molecule has 0 saturated carbocycles. The van der Waals surface area contributed by atoms with Gasteiger partial charge in [0.1, 0.15) is 9.84 Å². The molecule has 0 spiro atoms. The lowest BCUT2D eigenvalue weighted by Crippen LogP contribution is -2.44. The molecule has 0 aliphatic carbocycles. The second kappa shape index (κ2) is 6.96. The molecule has 2 unspecified atom stereocenters. The van der Waals surface area contributed by atoms with Crippen molar-refractivity contribution in [2.45, 2.75) is 39.8 Å². The maximum Gasteiger partial charge on any atom is 0.234 e. The van der Waals surface area contributed by atoms with Gasteiger partial charge >= 0.3 is 0 Å². The van der Waals surface area contributed by atoms with Crippen LogP contribution in [-0.4, -0.2) is 45.0 Å². The Hall–Kier alpha value is -0.620. The maximum absolute atomic E-state index is 11.5. The normalized spacial score (nSPS) is 15.6. The molecule has 2 atom stereocenters. The van der Waals surface area contributed by atoms with Crippen LogP contribution in [0.25, 0.3) is 0 Å². The van der Waals surface area contributed by atoms with Crippen molar-refractivity contribution in [3.05, 3.63) is 0 Å². The van der Waals surface area contributed by atoms with Crippen molar-refractivity contribution in [1.82, 2.24) is 10.6 Å². The quantitative estimate of drug-likeness (QED) is 0.687. The van der Waals surface area contributed by atoms with Gasteiger partial charge in [-0.15, -0.1) is 0 Å².